The molecule has 0 aliphatic rings. The molecule has 0 aliphatic carbocycles. The highest BCUT2D eigenvalue weighted by Gasteiger charge is 2.40. The van der Waals surface area contributed by atoms with E-state index in [1.165, 1.54) is 0 Å². The van der Waals surface area contributed by atoms with Crippen LogP contribution in [0.15, 0.2) is 0 Å². The molecule has 0 aromatic heterocycles. The zero-order valence-electron chi connectivity index (χ0n) is 11.6. The molecule has 0 bridgehead atoms. The fraction of sp³-hybridized carbons (Fsp3) is 0.500. The lowest BCUT2D eigenvalue weighted by atomic mass is 9.96. The molecule has 17 N–H and O–H groups in total. The molecule has 0 atom stereocenters. The van der Waals surface area contributed by atoms with Crippen molar-refractivity contribution in [3.05, 3.63) is 0 Å². The zero-order chi connectivity index (χ0) is 14.2. The van der Waals surface area contributed by atoms with Gasteiger partial charge in [0.25, 0.3) is 5.97 Å². The highest BCUT2D eigenvalue weighted by atomic mass is 16.4. The van der Waals surface area contributed by atoms with Gasteiger partial charge in [0.1, 0.15) is 0 Å². The summed E-state index contributed by atoms with van der Waals surface area (Å²) in [5, 5.41) is 41.2. The molecule has 0 radical (unpaired) electrons. The Labute approximate surface area is 119 Å². The van der Waals surface area contributed by atoms with Gasteiger partial charge >= 0.3 is 17.9 Å². The van der Waals surface area contributed by atoms with Crippen LogP contribution in [0.2, 0.25) is 0 Å². The number of aliphatic hydroxyl groups is 1. The first-order valence-electron chi connectivity index (χ1n) is 4.10. The predicted octanol–water partition coefficient (Wildman–Crippen LogP) is -0.510. The van der Waals surface area contributed by atoms with Gasteiger partial charge in [-0.25, -0.2) is 4.79 Å². The van der Waals surface area contributed by atoms with Crippen LogP contribution in [0.1, 0.15) is 19.8 Å². The minimum Gasteiger partial charge on any atom is -0.481 e. The van der Waals surface area contributed by atoms with E-state index in [-0.39, 0.29) is 24.6 Å². The van der Waals surface area contributed by atoms with Crippen molar-refractivity contribution in [2.24, 2.45) is 0 Å². The molecule has 0 spiro atoms. The lowest BCUT2D eigenvalue weighted by molar-refractivity contribution is -0.170. The number of carboxylic acid groups (broad SMARTS) is 4. The van der Waals surface area contributed by atoms with Gasteiger partial charge in [-0.3, -0.25) is 14.4 Å². The minimum absolute atomic E-state index is 0. The first-order valence-corrected chi connectivity index (χ1v) is 4.10. The highest BCUT2D eigenvalue weighted by Crippen LogP contribution is 2.15. The van der Waals surface area contributed by atoms with Gasteiger partial charge in [0, 0.05) is 6.92 Å². The van der Waals surface area contributed by atoms with Crippen molar-refractivity contribution in [3.8, 4) is 0 Å². The van der Waals surface area contributed by atoms with Gasteiger partial charge in [-0.05, 0) is 0 Å². The van der Waals surface area contributed by atoms with E-state index in [4.69, 9.17) is 30.3 Å². The van der Waals surface area contributed by atoms with Crippen LogP contribution in [0.4, 0.5) is 0 Å². The summed E-state index contributed by atoms with van der Waals surface area (Å²) in [4.78, 5) is 39.5. The van der Waals surface area contributed by atoms with E-state index in [2.05, 4.69) is 0 Å². The van der Waals surface area contributed by atoms with E-state index in [1.807, 2.05) is 0 Å². The number of carbonyl (C=O) groups is 4. The average molecular weight is 320 g/mol. The van der Waals surface area contributed by atoms with E-state index in [0.29, 0.717) is 0 Å². The highest BCUT2D eigenvalue weighted by molar-refractivity contribution is 5.88. The number of aliphatic carboxylic acids is 4. The van der Waals surface area contributed by atoms with Gasteiger partial charge in [-0.2, -0.15) is 0 Å². The van der Waals surface area contributed by atoms with Crippen molar-refractivity contribution in [3.63, 3.8) is 0 Å². The molecule has 0 saturated carbocycles. The molecule has 13 heteroatoms. The molecule has 0 heterocycles. The van der Waals surface area contributed by atoms with Gasteiger partial charge in [0.2, 0.25) is 0 Å². The predicted molar refractivity (Wildman–Crippen MR) is 70.5 cm³/mol. The van der Waals surface area contributed by atoms with Crippen LogP contribution in [-0.2, 0) is 19.2 Å². The largest absolute Gasteiger partial charge is 0.481 e. The Morgan fingerprint density at radius 2 is 0.952 bits per heavy atom. The molecule has 0 rings (SSSR count). The Morgan fingerprint density at radius 1 is 0.762 bits per heavy atom. The summed E-state index contributed by atoms with van der Waals surface area (Å²) < 4.78 is 0. The molecule has 13 nitrogen and oxygen atoms in total. The van der Waals surface area contributed by atoms with E-state index in [0.717, 1.165) is 6.92 Å². The first kappa shape index (κ1) is 36.3. The van der Waals surface area contributed by atoms with Crippen molar-refractivity contribution in [1.29, 1.82) is 0 Å². The van der Waals surface area contributed by atoms with Crippen molar-refractivity contribution < 1.29 is 44.7 Å². The van der Waals surface area contributed by atoms with Crippen molar-refractivity contribution in [1.82, 2.24) is 24.6 Å². The molecule has 21 heavy (non-hydrogen) atoms. The van der Waals surface area contributed by atoms with Crippen LogP contribution in [0.25, 0.3) is 0 Å². The molecule has 130 valence electrons. The molecule has 0 aliphatic heterocycles. The van der Waals surface area contributed by atoms with Crippen LogP contribution in [0, 0.1) is 0 Å². The third-order valence-electron chi connectivity index (χ3n) is 1.29. The number of hydrogen-bond acceptors (Lipinski definition) is 9. The van der Waals surface area contributed by atoms with Gasteiger partial charge in [0.15, 0.2) is 5.60 Å². The van der Waals surface area contributed by atoms with E-state index in [1.54, 1.807) is 0 Å². The lowest BCUT2D eigenvalue weighted by Gasteiger charge is -2.18. The standard InChI is InChI=1S/C6H8O7.C2H4O2.4H3N/c7-3(8)1-6(13,5(11)12)2-4(9)10;1-2(3)4;;;;/h13H,1-2H2,(H,7,8)(H,9,10)(H,11,12);1H3,(H,3,4);4*1H3. The second-order valence-electron chi connectivity index (χ2n) is 3.00. The van der Waals surface area contributed by atoms with Gasteiger partial charge in [-0.15, -0.1) is 0 Å². The van der Waals surface area contributed by atoms with Crippen molar-refractivity contribution in [2.75, 3.05) is 0 Å². The zero-order valence-corrected chi connectivity index (χ0v) is 11.6. The number of carboxylic acids is 4. The van der Waals surface area contributed by atoms with Gasteiger partial charge < -0.3 is 50.1 Å². The maximum Gasteiger partial charge on any atom is 0.336 e. The molecule has 0 fully saturated rings. The molecule has 0 aromatic rings. The fourth-order valence-electron chi connectivity index (χ4n) is 0.714. The summed E-state index contributed by atoms with van der Waals surface area (Å²) in [7, 11) is 0. The van der Waals surface area contributed by atoms with Crippen molar-refractivity contribution in [2.45, 2.75) is 25.4 Å². The van der Waals surface area contributed by atoms with E-state index in [9.17, 15) is 14.4 Å². The monoisotopic (exact) mass is 320 g/mol. The lowest BCUT2D eigenvalue weighted by Crippen LogP contribution is -2.42. The number of hydrogen-bond donors (Lipinski definition) is 9. The summed E-state index contributed by atoms with van der Waals surface area (Å²) in [6.07, 6.45) is -2.29. The minimum atomic E-state index is -2.74. The summed E-state index contributed by atoms with van der Waals surface area (Å²) in [5.74, 6) is -5.85. The smallest absolute Gasteiger partial charge is 0.336 e. The second-order valence-corrected chi connectivity index (χ2v) is 3.00. The molecule has 0 aromatic carbocycles. The maximum atomic E-state index is 10.3. The molecular weight excluding hydrogens is 296 g/mol. The van der Waals surface area contributed by atoms with Crippen LogP contribution in [0.5, 0.6) is 0 Å². The second kappa shape index (κ2) is 15.7. The Bertz CT molecular complexity index is 314. The van der Waals surface area contributed by atoms with Crippen LogP contribution >= 0.6 is 0 Å². The summed E-state index contributed by atoms with van der Waals surface area (Å²) >= 11 is 0. The molecule has 0 unspecified atom stereocenters. The third kappa shape index (κ3) is 23.2. The topological polar surface area (TPSA) is 309 Å². The van der Waals surface area contributed by atoms with E-state index < -0.39 is 42.3 Å². The average Bonchev–Trinajstić information content (AvgIpc) is 1.98. The Kier molecular flexibility index (Phi) is 27.2. The Balaban J connectivity index is -0.0000000629. The Hall–Kier alpha value is -2.32. The molecule has 0 saturated heterocycles. The summed E-state index contributed by atoms with van der Waals surface area (Å²) in [6.45, 7) is 1.08. The van der Waals surface area contributed by atoms with Crippen LogP contribution in [0.3, 0.4) is 0 Å². The fourth-order valence-corrected chi connectivity index (χ4v) is 0.714. The van der Waals surface area contributed by atoms with Gasteiger partial charge in [0.05, 0.1) is 12.8 Å². The maximum absolute atomic E-state index is 10.3. The molecular formula is C8H24N4O9. The van der Waals surface area contributed by atoms with Crippen LogP contribution < -0.4 is 24.6 Å². The van der Waals surface area contributed by atoms with Crippen molar-refractivity contribution >= 4 is 23.9 Å². The SMILES string of the molecule is CC(=O)O.N.N.N.N.O=C(O)CC(O)(CC(=O)O)C(=O)O. The quantitative estimate of drug-likeness (QED) is 0.308. The third-order valence-corrected chi connectivity index (χ3v) is 1.29. The number of rotatable bonds is 5. The summed E-state index contributed by atoms with van der Waals surface area (Å²) in [5.41, 5.74) is -2.74. The molecule has 0 amide bonds. The van der Waals surface area contributed by atoms with Gasteiger partial charge in [-0.1, -0.05) is 0 Å². The Morgan fingerprint density at radius 3 is 1.05 bits per heavy atom. The first-order chi connectivity index (χ1) is 7.51. The van der Waals surface area contributed by atoms with E-state index >= 15 is 0 Å². The normalized spacial score (nSPS) is 7.90. The van der Waals surface area contributed by atoms with Crippen LogP contribution in [-0.4, -0.2) is 55.0 Å². The summed E-state index contributed by atoms with van der Waals surface area (Å²) in [6, 6.07) is 0.